The van der Waals surface area contributed by atoms with Crippen molar-refractivity contribution in [1.29, 1.82) is 0 Å². The van der Waals surface area contributed by atoms with Gasteiger partial charge in [-0.25, -0.2) is 0 Å². The van der Waals surface area contributed by atoms with E-state index in [1.807, 2.05) is 0 Å². The van der Waals surface area contributed by atoms with Crippen LogP contribution >= 0.6 is 0 Å². The van der Waals surface area contributed by atoms with E-state index in [9.17, 15) is 32.9 Å². The van der Waals surface area contributed by atoms with Crippen molar-refractivity contribution >= 4 is 23.3 Å². The van der Waals surface area contributed by atoms with E-state index in [1.54, 1.807) is 0 Å². The maximum absolute atomic E-state index is 13.3. The molecule has 0 unspecified atom stereocenters. The van der Waals surface area contributed by atoms with Crippen molar-refractivity contribution in [2.75, 3.05) is 18.9 Å². The standard InChI is InChI=1S/C14H15F3N2O6/c1-3-24-12(20)11(13(21)25-4-2)7-5-9(18)10(19(22)23)6-8(7)14(15,16)17/h5-6,11H,3-4,18H2,1-2H3. The van der Waals surface area contributed by atoms with Gasteiger partial charge in [0.1, 0.15) is 5.69 Å². The van der Waals surface area contributed by atoms with E-state index in [2.05, 4.69) is 9.47 Å². The molecule has 2 N–H and O–H groups in total. The van der Waals surface area contributed by atoms with E-state index in [4.69, 9.17) is 5.73 Å². The number of alkyl halides is 3. The van der Waals surface area contributed by atoms with Crippen LogP contribution in [-0.4, -0.2) is 30.1 Å². The van der Waals surface area contributed by atoms with Crippen molar-refractivity contribution in [3.8, 4) is 0 Å². The van der Waals surface area contributed by atoms with E-state index >= 15 is 0 Å². The molecule has 0 atom stereocenters. The Hall–Kier alpha value is -2.85. The van der Waals surface area contributed by atoms with Crippen LogP contribution in [-0.2, 0) is 25.2 Å². The Labute approximate surface area is 139 Å². The minimum atomic E-state index is -5.08. The third-order valence-corrected chi connectivity index (χ3v) is 3.06. The number of ether oxygens (including phenoxy) is 2. The van der Waals surface area contributed by atoms with Crippen molar-refractivity contribution in [2.24, 2.45) is 0 Å². The number of nitrogens with two attached hydrogens (primary N) is 1. The lowest BCUT2D eigenvalue weighted by molar-refractivity contribution is -0.384. The molecule has 0 aliphatic heterocycles. The highest BCUT2D eigenvalue weighted by molar-refractivity contribution is 6.01. The minimum absolute atomic E-state index is 0.177. The summed E-state index contributed by atoms with van der Waals surface area (Å²) in [7, 11) is 0. The predicted molar refractivity (Wildman–Crippen MR) is 78.5 cm³/mol. The number of anilines is 1. The number of esters is 2. The topological polar surface area (TPSA) is 122 Å². The van der Waals surface area contributed by atoms with E-state index in [-0.39, 0.29) is 19.3 Å². The maximum atomic E-state index is 13.3. The number of nitro groups is 1. The van der Waals surface area contributed by atoms with Gasteiger partial charge in [0.25, 0.3) is 5.69 Å². The second kappa shape index (κ2) is 7.81. The molecule has 0 aliphatic rings. The Morgan fingerprint density at radius 2 is 1.68 bits per heavy atom. The molecule has 0 bridgehead atoms. The molecule has 0 saturated carbocycles. The minimum Gasteiger partial charge on any atom is -0.465 e. The van der Waals surface area contributed by atoms with E-state index in [0.717, 1.165) is 0 Å². The van der Waals surface area contributed by atoms with Crippen molar-refractivity contribution in [2.45, 2.75) is 25.9 Å². The first-order valence-electron chi connectivity index (χ1n) is 7.02. The van der Waals surface area contributed by atoms with Gasteiger partial charge in [0.15, 0.2) is 5.92 Å². The van der Waals surface area contributed by atoms with Crippen molar-refractivity contribution in [3.05, 3.63) is 33.4 Å². The molecular weight excluding hydrogens is 349 g/mol. The molecule has 0 aromatic heterocycles. The smallest absolute Gasteiger partial charge is 0.416 e. The van der Waals surface area contributed by atoms with Crippen LogP contribution in [0.1, 0.15) is 30.9 Å². The third kappa shape index (κ3) is 4.58. The monoisotopic (exact) mass is 364 g/mol. The van der Waals surface area contributed by atoms with Crippen molar-refractivity contribution in [3.63, 3.8) is 0 Å². The average molecular weight is 364 g/mol. The van der Waals surface area contributed by atoms with Gasteiger partial charge in [-0.3, -0.25) is 19.7 Å². The lowest BCUT2D eigenvalue weighted by Crippen LogP contribution is -2.28. The highest BCUT2D eigenvalue weighted by Gasteiger charge is 2.43. The molecule has 1 rings (SSSR count). The van der Waals surface area contributed by atoms with Crippen LogP contribution in [0.5, 0.6) is 0 Å². The number of nitrogens with zero attached hydrogens (tertiary/aromatic N) is 1. The fourth-order valence-corrected chi connectivity index (χ4v) is 2.07. The number of carbonyl (C=O) groups excluding carboxylic acids is 2. The first-order valence-corrected chi connectivity index (χ1v) is 7.02. The van der Waals surface area contributed by atoms with Crippen LogP contribution in [0.2, 0.25) is 0 Å². The third-order valence-electron chi connectivity index (χ3n) is 3.06. The van der Waals surface area contributed by atoms with Gasteiger partial charge in [-0.1, -0.05) is 0 Å². The largest absolute Gasteiger partial charge is 0.465 e. The molecule has 0 saturated heterocycles. The normalized spacial score (nSPS) is 11.3. The zero-order chi connectivity index (χ0) is 19.4. The summed E-state index contributed by atoms with van der Waals surface area (Å²) >= 11 is 0. The van der Waals surface area contributed by atoms with Crippen LogP contribution in [0.15, 0.2) is 12.1 Å². The zero-order valence-corrected chi connectivity index (χ0v) is 13.3. The Kier molecular flexibility index (Phi) is 6.31. The summed E-state index contributed by atoms with van der Waals surface area (Å²) in [6, 6.07) is 0.746. The first-order chi connectivity index (χ1) is 11.5. The molecule has 11 heteroatoms. The molecule has 0 aliphatic carbocycles. The highest BCUT2D eigenvalue weighted by atomic mass is 19.4. The van der Waals surface area contributed by atoms with Gasteiger partial charge in [-0.2, -0.15) is 13.2 Å². The molecule has 0 radical (unpaired) electrons. The van der Waals surface area contributed by atoms with Gasteiger partial charge in [-0.15, -0.1) is 0 Å². The second-order valence-corrected chi connectivity index (χ2v) is 4.69. The summed E-state index contributed by atoms with van der Waals surface area (Å²) in [4.78, 5) is 33.7. The summed E-state index contributed by atoms with van der Waals surface area (Å²) in [6.45, 7) is 2.40. The van der Waals surface area contributed by atoms with Crippen molar-refractivity contribution in [1.82, 2.24) is 0 Å². The molecule has 138 valence electrons. The molecule has 8 nitrogen and oxygen atoms in total. The number of hydrogen-bond donors (Lipinski definition) is 1. The Balaban J connectivity index is 3.67. The number of benzene rings is 1. The SMILES string of the molecule is CCOC(=O)C(C(=O)OCC)c1cc(N)c([N+](=O)[O-])cc1C(F)(F)F. The highest BCUT2D eigenvalue weighted by Crippen LogP contribution is 2.40. The van der Waals surface area contributed by atoms with Gasteiger partial charge in [0.05, 0.1) is 23.7 Å². The molecular formula is C14H15F3N2O6. The number of nitro benzene ring substituents is 1. The average Bonchev–Trinajstić information content (AvgIpc) is 2.46. The van der Waals surface area contributed by atoms with Gasteiger partial charge in [0.2, 0.25) is 0 Å². The summed E-state index contributed by atoms with van der Waals surface area (Å²) in [5.41, 5.74) is 1.37. The molecule has 25 heavy (non-hydrogen) atoms. The fraction of sp³-hybridized carbons (Fsp3) is 0.429. The fourth-order valence-electron chi connectivity index (χ4n) is 2.07. The first kappa shape index (κ1) is 20.2. The summed E-state index contributed by atoms with van der Waals surface area (Å²) in [5.74, 6) is -4.63. The second-order valence-electron chi connectivity index (χ2n) is 4.69. The molecule has 0 heterocycles. The number of carbonyl (C=O) groups is 2. The van der Waals surface area contributed by atoms with Gasteiger partial charge in [0, 0.05) is 6.07 Å². The van der Waals surface area contributed by atoms with E-state index in [1.165, 1.54) is 13.8 Å². The predicted octanol–water partition coefficient (Wildman–Crippen LogP) is 2.41. The van der Waals surface area contributed by atoms with Crippen LogP contribution < -0.4 is 5.73 Å². The Bertz CT molecular complexity index is 672. The van der Waals surface area contributed by atoms with Crippen LogP contribution in [0.25, 0.3) is 0 Å². The van der Waals surface area contributed by atoms with Crippen LogP contribution in [0.3, 0.4) is 0 Å². The molecule has 1 aromatic rings. The molecule has 1 aromatic carbocycles. The van der Waals surface area contributed by atoms with Gasteiger partial charge < -0.3 is 15.2 Å². The molecule has 0 amide bonds. The number of hydrogen-bond acceptors (Lipinski definition) is 7. The Morgan fingerprint density at radius 3 is 2.04 bits per heavy atom. The molecule has 0 spiro atoms. The maximum Gasteiger partial charge on any atom is 0.416 e. The number of nitrogen functional groups attached to an aromatic ring is 1. The van der Waals surface area contributed by atoms with Gasteiger partial charge in [-0.05, 0) is 25.5 Å². The van der Waals surface area contributed by atoms with E-state index in [0.29, 0.717) is 6.07 Å². The number of rotatable bonds is 6. The zero-order valence-electron chi connectivity index (χ0n) is 13.3. The molecule has 0 fully saturated rings. The Morgan fingerprint density at radius 1 is 1.20 bits per heavy atom. The lowest BCUT2D eigenvalue weighted by Gasteiger charge is -2.19. The lowest BCUT2D eigenvalue weighted by atomic mass is 9.92. The van der Waals surface area contributed by atoms with Crippen molar-refractivity contribution < 1.29 is 37.2 Å². The summed E-state index contributed by atoms with van der Waals surface area (Å²) in [5, 5.41) is 10.8. The van der Waals surface area contributed by atoms with Gasteiger partial charge >= 0.3 is 18.1 Å². The van der Waals surface area contributed by atoms with Crippen LogP contribution in [0, 0.1) is 10.1 Å². The quantitative estimate of drug-likeness (QED) is 0.270. The van der Waals surface area contributed by atoms with E-state index < -0.39 is 51.5 Å². The van der Waals surface area contributed by atoms with Crippen LogP contribution in [0.4, 0.5) is 24.5 Å². The summed E-state index contributed by atoms with van der Waals surface area (Å²) < 4.78 is 49.2. The summed E-state index contributed by atoms with van der Waals surface area (Å²) in [6.07, 6.45) is -5.08. The number of halogens is 3.